The van der Waals surface area contributed by atoms with E-state index in [9.17, 15) is 9.59 Å². The summed E-state index contributed by atoms with van der Waals surface area (Å²) in [6.45, 7) is 5.00. The summed E-state index contributed by atoms with van der Waals surface area (Å²) in [7, 11) is 0. The first-order chi connectivity index (χ1) is 10.7. The van der Waals surface area contributed by atoms with E-state index >= 15 is 0 Å². The lowest BCUT2D eigenvalue weighted by molar-refractivity contribution is -0.133. The average molecular weight is 303 g/mol. The van der Waals surface area contributed by atoms with Gasteiger partial charge in [-0.3, -0.25) is 9.69 Å². The summed E-state index contributed by atoms with van der Waals surface area (Å²) < 4.78 is 5.30. The number of morpholine rings is 1. The molecule has 1 N–H and O–H groups in total. The van der Waals surface area contributed by atoms with Crippen LogP contribution in [0.1, 0.15) is 18.9 Å². The molecule has 6 nitrogen and oxygen atoms in total. The molecule has 0 saturated carbocycles. The number of benzene rings is 1. The van der Waals surface area contributed by atoms with E-state index in [-0.39, 0.29) is 11.9 Å². The van der Waals surface area contributed by atoms with Crippen LogP contribution in [0.25, 0.3) is 0 Å². The van der Waals surface area contributed by atoms with Crippen molar-refractivity contribution in [2.45, 2.75) is 18.9 Å². The molecule has 118 valence electrons. The summed E-state index contributed by atoms with van der Waals surface area (Å²) in [5, 5.41) is 2.90. The Morgan fingerprint density at radius 2 is 1.86 bits per heavy atom. The van der Waals surface area contributed by atoms with Gasteiger partial charge in [-0.1, -0.05) is 37.3 Å². The maximum Gasteiger partial charge on any atom is 0.326 e. The van der Waals surface area contributed by atoms with Crippen molar-refractivity contribution in [2.75, 3.05) is 33.0 Å². The molecule has 6 heteroatoms. The molecule has 0 aromatic heterocycles. The van der Waals surface area contributed by atoms with Crippen LogP contribution in [-0.2, 0) is 15.1 Å². The normalized spacial score (nSPS) is 26.3. The third-order valence-corrected chi connectivity index (χ3v) is 4.42. The van der Waals surface area contributed by atoms with Gasteiger partial charge in [0.15, 0.2) is 0 Å². The Hall–Kier alpha value is -1.92. The van der Waals surface area contributed by atoms with Gasteiger partial charge in [0.2, 0.25) is 0 Å². The molecule has 0 bridgehead atoms. The number of amides is 3. The number of nitrogens with zero attached hydrogens (tertiary/aromatic N) is 2. The molecule has 2 saturated heterocycles. The Labute approximate surface area is 130 Å². The highest BCUT2D eigenvalue weighted by Gasteiger charge is 2.51. The predicted molar refractivity (Wildman–Crippen MR) is 81.0 cm³/mol. The third-order valence-electron chi connectivity index (χ3n) is 4.42. The number of carbonyl (C=O) groups excluding carboxylic acids is 2. The molecule has 0 spiro atoms. The van der Waals surface area contributed by atoms with Crippen molar-refractivity contribution in [1.82, 2.24) is 15.1 Å². The second-order valence-corrected chi connectivity index (χ2v) is 5.66. The third kappa shape index (κ3) is 2.48. The van der Waals surface area contributed by atoms with E-state index in [1.54, 1.807) is 0 Å². The minimum Gasteiger partial charge on any atom is -0.379 e. The van der Waals surface area contributed by atoms with Gasteiger partial charge in [0.25, 0.3) is 5.91 Å². The number of ether oxygens (including phenoxy) is 1. The Kier molecular flexibility index (Phi) is 4.13. The lowest BCUT2D eigenvalue weighted by atomic mass is 9.87. The summed E-state index contributed by atoms with van der Waals surface area (Å²) >= 11 is 0. The SMILES string of the molecule is CC[C@]1(c2ccccc2)NC(=O)N(CN2CCOCC2)C1=O. The Morgan fingerprint density at radius 1 is 1.18 bits per heavy atom. The predicted octanol–water partition coefficient (Wildman–Crippen LogP) is 1.13. The van der Waals surface area contributed by atoms with E-state index in [0.29, 0.717) is 26.3 Å². The smallest absolute Gasteiger partial charge is 0.326 e. The lowest BCUT2D eigenvalue weighted by Crippen LogP contribution is -2.47. The molecule has 22 heavy (non-hydrogen) atoms. The lowest BCUT2D eigenvalue weighted by Gasteiger charge is -2.30. The Balaban J connectivity index is 1.83. The topological polar surface area (TPSA) is 61.9 Å². The van der Waals surface area contributed by atoms with Gasteiger partial charge in [-0.15, -0.1) is 0 Å². The Morgan fingerprint density at radius 3 is 2.50 bits per heavy atom. The van der Waals surface area contributed by atoms with Gasteiger partial charge < -0.3 is 10.1 Å². The summed E-state index contributed by atoms with van der Waals surface area (Å²) in [5.74, 6) is -0.169. The molecule has 2 fully saturated rings. The molecule has 1 atom stereocenters. The second kappa shape index (κ2) is 6.06. The second-order valence-electron chi connectivity index (χ2n) is 5.66. The highest BCUT2D eigenvalue weighted by Crippen LogP contribution is 2.32. The minimum absolute atomic E-state index is 0.169. The van der Waals surface area contributed by atoms with Crippen LogP contribution in [0.5, 0.6) is 0 Å². The van der Waals surface area contributed by atoms with Crippen molar-refractivity contribution in [3.05, 3.63) is 35.9 Å². The van der Waals surface area contributed by atoms with Gasteiger partial charge in [0.1, 0.15) is 5.54 Å². The van der Waals surface area contributed by atoms with Gasteiger partial charge in [-0.05, 0) is 12.0 Å². The summed E-state index contributed by atoms with van der Waals surface area (Å²) in [4.78, 5) is 28.7. The van der Waals surface area contributed by atoms with Crippen LogP contribution >= 0.6 is 0 Å². The molecule has 2 aliphatic heterocycles. The molecule has 0 aliphatic carbocycles. The molecule has 2 heterocycles. The van der Waals surface area contributed by atoms with Crippen LogP contribution in [0, 0.1) is 0 Å². The molecule has 0 radical (unpaired) electrons. The first-order valence-corrected chi connectivity index (χ1v) is 7.67. The molecule has 0 unspecified atom stereocenters. The summed E-state index contributed by atoms with van der Waals surface area (Å²) in [6, 6.07) is 9.13. The number of carbonyl (C=O) groups is 2. The van der Waals surface area contributed by atoms with Crippen molar-refractivity contribution < 1.29 is 14.3 Å². The van der Waals surface area contributed by atoms with E-state index in [4.69, 9.17) is 4.74 Å². The number of hydrogen-bond acceptors (Lipinski definition) is 4. The van der Waals surface area contributed by atoms with Gasteiger partial charge >= 0.3 is 6.03 Å². The fourth-order valence-electron chi connectivity index (χ4n) is 3.06. The van der Waals surface area contributed by atoms with E-state index in [1.807, 2.05) is 37.3 Å². The van der Waals surface area contributed by atoms with Crippen molar-refractivity contribution in [3.8, 4) is 0 Å². The number of imide groups is 1. The fraction of sp³-hybridized carbons (Fsp3) is 0.500. The van der Waals surface area contributed by atoms with Crippen LogP contribution in [0.4, 0.5) is 4.79 Å². The number of rotatable bonds is 4. The van der Waals surface area contributed by atoms with Crippen LogP contribution in [0.15, 0.2) is 30.3 Å². The molecular weight excluding hydrogens is 282 g/mol. The minimum atomic E-state index is -0.940. The zero-order valence-electron chi connectivity index (χ0n) is 12.7. The maximum absolute atomic E-state index is 12.9. The number of nitrogens with one attached hydrogen (secondary N) is 1. The summed E-state index contributed by atoms with van der Waals surface area (Å²) in [6.07, 6.45) is 0.529. The van der Waals surface area contributed by atoms with E-state index in [0.717, 1.165) is 18.7 Å². The molecule has 1 aromatic rings. The van der Waals surface area contributed by atoms with Crippen LogP contribution < -0.4 is 5.32 Å². The van der Waals surface area contributed by atoms with Crippen LogP contribution in [-0.4, -0.2) is 54.7 Å². The monoisotopic (exact) mass is 303 g/mol. The van der Waals surface area contributed by atoms with Gasteiger partial charge in [-0.2, -0.15) is 0 Å². The molecule has 3 rings (SSSR count). The maximum atomic E-state index is 12.9. The molecule has 2 aliphatic rings. The first kappa shape index (κ1) is 15.0. The largest absolute Gasteiger partial charge is 0.379 e. The number of urea groups is 1. The fourth-order valence-corrected chi connectivity index (χ4v) is 3.06. The van der Waals surface area contributed by atoms with E-state index in [2.05, 4.69) is 10.2 Å². The molecule has 3 amide bonds. The first-order valence-electron chi connectivity index (χ1n) is 7.67. The molecule has 1 aromatic carbocycles. The van der Waals surface area contributed by atoms with E-state index < -0.39 is 5.54 Å². The van der Waals surface area contributed by atoms with Crippen LogP contribution in [0.2, 0.25) is 0 Å². The zero-order valence-corrected chi connectivity index (χ0v) is 12.7. The van der Waals surface area contributed by atoms with Gasteiger partial charge in [0.05, 0.1) is 19.9 Å². The summed E-state index contributed by atoms with van der Waals surface area (Å²) in [5.41, 5.74) is -0.106. The van der Waals surface area contributed by atoms with Gasteiger partial charge in [-0.25, -0.2) is 9.69 Å². The average Bonchev–Trinajstić information content (AvgIpc) is 2.82. The van der Waals surface area contributed by atoms with Crippen LogP contribution in [0.3, 0.4) is 0 Å². The van der Waals surface area contributed by atoms with Crippen molar-refractivity contribution >= 4 is 11.9 Å². The Bertz CT molecular complexity index is 557. The van der Waals surface area contributed by atoms with Crippen molar-refractivity contribution in [1.29, 1.82) is 0 Å². The number of hydrogen-bond donors (Lipinski definition) is 1. The van der Waals surface area contributed by atoms with Crippen molar-refractivity contribution in [2.24, 2.45) is 0 Å². The standard InChI is InChI=1S/C16H21N3O3/c1-2-16(13-6-4-3-5-7-13)14(20)19(15(21)17-16)12-18-8-10-22-11-9-18/h3-7H,2,8-12H2,1H3,(H,17,21)/t16-/m1/s1. The van der Waals surface area contributed by atoms with Crippen molar-refractivity contribution in [3.63, 3.8) is 0 Å². The van der Waals surface area contributed by atoms with Gasteiger partial charge in [0, 0.05) is 13.1 Å². The quantitative estimate of drug-likeness (QED) is 0.847. The highest BCUT2D eigenvalue weighted by molar-refractivity contribution is 6.07. The molecular formula is C16H21N3O3. The highest BCUT2D eigenvalue weighted by atomic mass is 16.5. The zero-order chi connectivity index (χ0) is 15.6. The van der Waals surface area contributed by atoms with E-state index in [1.165, 1.54) is 4.90 Å².